The number of esters is 1. The molecule has 0 aliphatic rings. The number of unbranched alkanes of at least 4 members (excludes halogenated alkanes) is 1. The largest absolute Gasteiger partial charge is 0.465 e. The summed E-state index contributed by atoms with van der Waals surface area (Å²) in [5, 5.41) is 8.82. The molecule has 0 aromatic heterocycles. The number of hydrogen-bond donors (Lipinski definition) is 1. The highest BCUT2D eigenvalue weighted by molar-refractivity contribution is 6.30. The summed E-state index contributed by atoms with van der Waals surface area (Å²) in [4.78, 5) is 11.5. The predicted octanol–water partition coefficient (Wildman–Crippen LogP) is 2.67. The summed E-state index contributed by atoms with van der Waals surface area (Å²) < 4.78 is 4.96. The number of carbonyl (C=O) groups is 1. The van der Waals surface area contributed by atoms with Crippen molar-refractivity contribution in [1.82, 2.24) is 0 Å². The zero-order valence-corrected chi connectivity index (χ0v) is 10.6. The van der Waals surface area contributed by atoms with E-state index in [4.69, 9.17) is 16.3 Å². The van der Waals surface area contributed by atoms with Crippen molar-refractivity contribution in [2.75, 3.05) is 6.61 Å². The molecule has 0 radical (unpaired) electrons. The van der Waals surface area contributed by atoms with E-state index in [0.29, 0.717) is 12.2 Å². The summed E-state index contributed by atoms with van der Waals surface area (Å²) in [5.41, 5.74) is 0.611. The molecule has 0 aliphatic carbocycles. The number of alkyl halides is 1. The second-order valence-electron chi connectivity index (χ2n) is 3.78. The van der Waals surface area contributed by atoms with Gasteiger partial charge in [0.05, 0.1) is 6.61 Å². The van der Waals surface area contributed by atoms with Crippen LogP contribution >= 0.6 is 11.6 Å². The lowest BCUT2D eigenvalue weighted by molar-refractivity contribution is -0.145. The third kappa shape index (κ3) is 4.36. The van der Waals surface area contributed by atoms with Gasteiger partial charge in [-0.25, -0.2) is 0 Å². The molecule has 2 unspecified atom stereocenters. The molecule has 94 valence electrons. The fourth-order valence-electron chi connectivity index (χ4n) is 1.34. The molecule has 3 nitrogen and oxygen atoms in total. The normalized spacial score (nSPS) is 14.1. The van der Waals surface area contributed by atoms with Crippen molar-refractivity contribution in [3.8, 4) is 0 Å². The summed E-state index contributed by atoms with van der Waals surface area (Å²) in [6.45, 7) is 2.35. The van der Waals surface area contributed by atoms with Crippen molar-refractivity contribution >= 4 is 17.6 Å². The Bertz CT molecular complexity index is 340. The number of aliphatic hydroxyl groups excluding tert-OH is 1. The van der Waals surface area contributed by atoms with Gasteiger partial charge < -0.3 is 9.84 Å². The molecule has 0 bridgehead atoms. The van der Waals surface area contributed by atoms with Crippen LogP contribution in [-0.4, -0.2) is 23.1 Å². The van der Waals surface area contributed by atoms with E-state index in [1.54, 1.807) is 24.3 Å². The van der Waals surface area contributed by atoms with Crippen LogP contribution in [-0.2, 0) is 9.53 Å². The van der Waals surface area contributed by atoms with Gasteiger partial charge >= 0.3 is 5.97 Å². The summed E-state index contributed by atoms with van der Waals surface area (Å²) in [7, 11) is 0. The van der Waals surface area contributed by atoms with E-state index in [0.717, 1.165) is 12.8 Å². The van der Waals surface area contributed by atoms with Gasteiger partial charge in [0.2, 0.25) is 0 Å². The maximum Gasteiger partial charge on any atom is 0.327 e. The number of benzene rings is 1. The lowest BCUT2D eigenvalue weighted by Gasteiger charge is -2.16. The highest BCUT2D eigenvalue weighted by atomic mass is 35.5. The molecule has 1 aromatic rings. The zero-order chi connectivity index (χ0) is 12.7. The third-order valence-electron chi connectivity index (χ3n) is 2.39. The van der Waals surface area contributed by atoms with Crippen LogP contribution in [0.5, 0.6) is 0 Å². The Hall–Kier alpha value is -1.06. The van der Waals surface area contributed by atoms with Crippen LogP contribution < -0.4 is 0 Å². The highest BCUT2D eigenvalue weighted by Crippen LogP contribution is 2.21. The van der Waals surface area contributed by atoms with Crippen molar-refractivity contribution in [2.45, 2.75) is 31.2 Å². The van der Waals surface area contributed by atoms with Gasteiger partial charge in [0.25, 0.3) is 0 Å². The van der Waals surface area contributed by atoms with Crippen LogP contribution in [0.15, 0.2) is 30.3 Å². The van der Waals surface area contributed by atoms with Crippen LogP contribution in [0.3, 0.4) is 0 Å². The molecule has 1 aromatic carbocycles. The van der Waals surface area contributed by atoms with Crippen LogP contribution in [0.1, 0.15) is 31.4 Å². The van der Waals surface area contributed by atoms with Gasteiger partial charge in [-0.1, -0.05) is 43.7 Å². The fraction of sp³-hybridized carbons (Fsp3) is 0.462. The smallest absolute Gasteiger partial charge is 0.327 e. The SMILES string of the molecule is CCCCOC(=O)C(Cl)C(O)c1ccccc1. The van der Waals surface area contributed by atoms with E-state index >= 15 is 0 Å². The van der Waals surface area contributed by atoms with Gasteiger partial charge in [-0.15, -0.1) is 11.6 Å². The molecule has 1 rings (SSSR count). The molecule has 4 heteroatoms. The van der Waals surface area contributed by atoms with E-state index in [1.807, 2.05) is 13.0 Å². The number of rotatable bonds is 6. The minimum Gasteiger partial charge on any atom is -0.465 e. The molecular formula is C13H17ClO3. The van der Waals surface area contributed by atoms with Gasteiger partial charge in [-0.2, -0.15) is 0 Å². The molecule has 1 N–H and O–H groups in total. The fourth-order valence-corrected chi connectivity index (χ4v) is 1.55. The van der Waals surface area contributed by atoms with Crippen molar-refractivity contribution < 1.29 is 14.6 Å². The average molecular weight is 257 g/mol. The number of aliphatic hydroxyl groups is 1. The Labute approximate surface area is 106 Å². The first-order valence-corrected chi connectivity index (χ1v) is 6.14. The topological polar surface area (TPSA) is 46.5 Å². The predicted molar refractivity (Wildman–Crippen MR) is 66.9 cm³/mol. The highest BCUT2D eigenvalue weighted by Gasteiger charge is 2.26. The van der Waals surface area contributed by atoms with Gasteiger partial charge in [0.1, 0.15) is 6.10 Å². The zero-order valence-electron chi connectivity index (χ0n) is 9.80. The summed E-state index contributed by atoms with van der Waals surface area (Å²) >= 11 is 5.87. The number of ether oxygens (including phenoxy) is 1. The van der Waals surface area contributed by atoms with Gasteiger partial charge in [-0.05, 0) is 12.0 Å². The first kappa shape index (κ1) is 14.0. The molecule has 0 fully saturated rings. The van der Waals surface area contributed by atoms with E-state index < -0.39 is 17.5 Å². The minimum atomic E-state index is -1.06. The van der Waals surface area contributed by atoms with Gasteiger partial charge in [0.15, 0.2) is 5.38 Å². The molecule has 0 amide bonds. The first-order valence-electron chi connectivity index (χ1n) is 5.70. The molecule has 0 saturated heterocycles. The van der Waals surface area contributed by atoms with E-state index in [-0.39, 0.29) is 0 Å². The number of carbonyl (C=O) groups excluding carboxylic acids is 1. The monoisotopic (exact) mass is 256 g/mol. The molecule has 0 heterocycles. The van der Waals surface area contributed by atoms with Crippen molar-refractivity contribution in [2.24, 2.45) is 0 Å². The molecule has 17 heavy (non-hydrogen) atoms. The quantitative estimate of drug-likeness (QED) is 0.484. The lowest BCUT2D eigenvalue weighted by atomic mass is 10.1. The third-order valence-corrected chi connectivity index (χ3v) is 2.80. The Morgan fingerprint density at radius 3 is 2.65 bits per heavy atom. The molecule has 0 spiro atoms. The summed E-state index contributed by atoms with van der Waals surface area (Å²) in [6.07, 6.45) is 0.713. The maximum absolute atomic E-state index is 11.5. The average Bonchev–Trinajstić information content (AvgIpc) is 2.38. The van der Waals surface area contributed by atoms with Gasteiger partial charge in [0, 0.05) is 0 Å². The Morgan fingerprint density at radius 1 is 1.41 bits per heavy atom. The van der Waals surface area contributed by atoms with E-state index in [1.165, 1.54) is 0 Å². The summed E-state index contributed by atoms with van der Waals surface area (Å²) in [5.74, 6) is -0.573. The van der Waals surface area contributed by atoms with Crippen LogP contribution in [0.4, 0.5) is 0 Å². The number of hydrogen-bond acceptors (Lipinski definition) is 3. The Kier molecular flexibility index (Phi) is 6.01. The molecule has 0 saturated carbocycles. The van der Waals surface area contributed by atoms with E-state index in [2.05, 4.69) is 0 Å². The van der Waals surface area contributed by atoms with Crippen molar-refractivity contribution in [1.29, 1.82) is 0 Å². The molecular weight excluding hydrogens is 240 g/mol. The molecule has 2 atom stereocenters. The number of halogens is 1. The first-order chi connectivity index (χ1) is 8.16. The van der Waals surface area contributed by atoms with Crippen molar-refractivity contribution in [3.05, 3.63) is 35.9 Å². The van der Waals surface area contributed by atoms with Crippen molar-refractivity contribution in [3.63, 3.8) is 0 Å². The maximum atomic E-state index is 11.5. The standard InChI is InChI=1S/C13H17ClO3/c1-2-3-9-17-13(16)11(14)12(15)10-7-5-4-6-8-10/h4-8,11-12,15H,2-3,9H2,1H3. The van der Waals surface area contributed by atoms with Crippen LogP contribution in [0.2, 0.25) is 0 Å². The second-order valence-corrected chi connectivity index (χ2v) is 4.25. The lowest BCUT2D eigenvalue weighted by Crippen LogP contribution is -2.25. The van der Waals surface area contributed by atoms with Crippen LogP contribution in [0.25, 0.3) is 0 Å². The Balaban J connectivity index is 2.51. The minimum absolute atomic E-state index is 0.347. The summed E-state index contributed by atoms with van der Waals surface area (Å²) in [6, 6.07) is 8.84. The van der Waals surface area contributed by atoms with E-state index in [9.17, 15) is 9.90 Å². The second kappa shape index (κ2) is 7.30. The van der Waals surface area contributed by atoms with Crippen LogP contribution in [0, 0.1) is 0 Å². The van der Waals surface area contributed by atoms with Gasteiger partial charge in [-0.3, -0.25) is 4.79 Å². The Morgan fingerprint density at radius 2 is 2.06 bits per heavy atom. The molecule has 0 aliphatic heterocycles.